The first-order valence-corrected chi connectivity index (χ1v) is 6.05. The van der Waals surface area contributed by atoms with Crippen LogP contribution in [0.1, 0.15) is 20.7 Å². The van der Waals surface area contributed by atoms with Crippen molar-refractivity contribution in [2.24, 2.45) is 0 Å². The summed E-state index contributed by atoms with van der Waals surface area (Å²) in [7, 11) is 0. The molecule has 1 N–H and O–H groups in total. The Balaban J connectivity index is 1.79. The number of fused-ring (bicyclic) bond motifs is 1. The van der Waals surface area contributed by atoms with E-state index >= 15 is 0 Å². The normalized spacial score (nSPS) is 23.3. The quantitative estimate of drug-likeness (QED) is 0.761. The molecule has 5 nitrogen and oxygen atoms in total. The van der Waals surface area contributed by atoms with E-state index in [1.165, 1.54) is 4.90 Å². The molecule has 3 rings (SSSR count). The zero-order valence-electron chi connectivity index (χ0n) is 9.89. The fourth-order valence-corrected chi connectivity index (χ4v) is 2.35. The van der Waals surface area contributed by atoms with Gasteiger partial charge in [0.05, 0.1) is 30.4 Å². The topological polar surface area (TPSA) is 58.6 Å². The van der Waals surface area contributed by atoms with E-state index in [-0.39, 0.29) is 17.9 Å². The van der Waals surface area contributed by atoms with E-state index in [1.54, 1.807) is 24.3 Å². The number of carbonyl (C=O) groups is 2. The number of ether oxygens (including phenoxy) is 1. The fourth-order valence-electron chi connectivity index (χ4n) is 2.35. The largest absolute Gasteiger partial charge is 0.374 e. The summed E-state index contributed by atoms with van der Waals surface area (Å²) in [5, 5.41) is 3.19. The van der Waals surface area contributed by atoms with Gasteiger partial charge in [-0.25, -0.2) is 0 Å². The molecule has 0 spiro atoms. The number of morpholine rings is 1. The van der Waals surface area contributed by atoms with Gasteiger partial charge in [-0.2, -0.15) is 0 Å². The maximum absolute atomic E-state index is 12.1. The minimum atomic E-state index is -0.218. The number of nitrogens with one attached hydrogen (secondary N) is 1. The summed E-state index contributed by atoms with van der Waals surface area (Å²) in [6.07, 6.45) is -0.110. The van der Waals surface area contributed by atoms with E-state index in [4.69, 9.17) is 4.74 Å². The second kappa shape index (κ2) is 4.51. The van der Waals surface area contributed by atoms with Crippen LogP contribution in [0.5, 0.6) is 0 Å². The van der Waals surface area contributed by atoms with Gasteiger partial charge in [-0.15, -0.1) is 0 Å². The van der Waals surface area contributed by atoms with Crippen molar-refractivity contribution in [2.45, 2.75) is 6.10 Å². The first kappa shape index (κ1) is 11.4. The van der Waals surface area contributed by atoms with Crippen LogP contribution in [0.2, 0.25) is 0 Å². The monoisotopic (exact) mass is 246 g/mol. The molecular weight excluding hydrogens is 232 g/mol. The molecule has 2 amide bonds. The van der Waals surface area contributed by atoms with Gasteiger partial charge < -0.3 is 10.1 Å². The Morgan fingerprint density at radius 2 is 1.89 bits per heavy atom. The van der Waals surface area contributed by atoms with Gasteiger partial charge in [-0.1, -0.05) is 12.1 Å². The SMILES string of the molecule is O=C1c2ccccc2C(=O)N1C[C@H]1CNCCO1. The molecule has 1 aromatic carbocycles. The Morgan fingerprint density at radius 3 is 2.44 bits per heavy atom. The number of carbonyl (C=O) groups excluding carboxylic acids is 2. The van der Waals surface area contributed by atoms with Crippen LogP contribution in [-0.4, -0.2) is 49.1 Å². The Bertz CT molecular complexity index is 460. The Labute approximate surface area is 105 Å². The van der Waals surface area contributed by atoms with E-state index in [1.807, 2.05) is 0 Å². The van der Waals surface area contributed by atoms with Crippen molar-refractivity contribution in [2.75, 3.05) is 26.2 Å². The van der Waals surface area contributed by atoms with Crippen molar-refractivity contribution in [1.29, 1.82) is 0 Å². The zero-order valence-corrected chi connectivity index (χ0v) is 9.89. The summed E-state index contributed by atoms with van der Waals surface area (Å²) in [6.45, 7) is 2.43. The fraction of sp³-hybridized carbons (Fsp3) is 0.385. The van der Waals surface area contributed by atoms with Crippen LogP contribution in [0.25, 0.3) is 0 Å². The molecule has 94 valence electrons. The average molecular weight is 246 g/mol. The number of benzene rings is 1. The maximum Gasteiger partial charge on any atom is 0.261 e. The summed E-state index contributed by atoms with van der Waals surface area (Å²) in [6, 6.07) is 6.92. The van der Waals surface area contributed by atoms with Crippen molar-refractivity contribution in [3.05, 3.63) is 35.4 Å². The lowest BCUT2D eigenvalue weighted by atomic mass is 10.1. The van der Waals surface area contributed by atoms with Crippen molar-refractivity contribution < 1.29 is 14.3 Å². The number of imide groups is 1. The predicted octanol–water partition coefficient (Wildman–Crippen LogP) is 0.271. The first-order valence-electron chi connectivity index (χ1n) is 6.05. The lowest BCUT2D eigenvalue weighted by Gasteiger charge is -2.26. The van der Waals surface area contributed by atoms with Gasteiger partial charge in [0.25, 0.3) is 11.8 Å². The summed E-state index contributed by atoms with van der Waals surface area (Å²) in [4.78, 5) is 25.5. The molecule has 0 radical (unpaired) electrons. The van der Waals surface area contributed by atoms with E-state index in [0.717, 1.165) is 6.54 Å². The Hall–Kier alpha value is -1.72. The summed E-state index contributed by atoms with van der Waals surface area (Å²) >= 11 is 0. The summed E-state index contributed by atoms with van der Waals surface area (Å²) in [5.41, 5.74) is 0.984. The molecule has 5 heteroatoms. The number of nitrogens with zero attached hydrogens (tertiary/aromatic N) is 1. The summed E-state index contributed by atoms with van der Waals surface area (Å²) < 4.78 is 5.53. The van der Waals surface area contributed by atoms with Crippen molar-refractivity contribution >= 4 is 11.8 Å². The molecule has 0 aliphatic carbocycles. The van der Waals surface area contributed by atoms with Crippen LogP contribution in [0.15, 0.2) is 24.3 Å². The Kier molecular flexibility index (Phi) is 2.85. The smallest absolute Gasteiger partial charge is 0.261 e. The molecule has 1 fully saturated rings. The molecule has 0 unspecified atom stereocenters. The third-order valence-corrected chi connectivity index (χ3v) is 3.27. The van der Waals surface area contributed by atoms with Crippen LogP contribution >= 0.6 is 0 Å². The lowest BCUT2D eigenvalue weighted by Crippen LogP contribution is -2.46. The third kappa shape index (κ3) is 1.81. The van der Waals surface area contributed by atoms with Crippen LogP contribution < -0.4 is 5.32 Å². The highest BCUT2D eigenvalue weighted by Gasteiger charge is 2.36. The predicted molar refractivity (Wildman–Crippen MR) is 64.4 cm³/mol. The molecule has 0 bridgehead atoms. The van der Waals surface area contributed by atoms with Gasteiger partial charge in [0, 0.05) is 13.1 Å². The minimum Gasteiger partial charge on any atom is -0.374 e. The van der Waals surface area contributed by atoms with Crippen LogP contribution in [0.4, 0.5) is 0 Å². The first-order chi connectivity index (χ1) is 8.77. The second-order valence-electron chi connectivity index (χ2n) is 4.46. The van der Waals surface area contributed by atoms with Gasteiger partial charge >= 0.3 is 0 Å². The number of hydrogen-bond donors (Lipinski definition) is 1. The van der Waals surface area contributed by atoms with Gasteiger partial charge in [0.1, 0.15) is 0 Å². The molecule has 0 aromatic heterocycles. The van der Waals surface area contributed by atoms with Crippen molar-refractivity contribution in [1.82, 2.24) is 10.2 Å². The third-order valence-electron chi connectivity index (χ3n) is 3.27. The standard InChI is InChI=1S/C13H14N2O3/c16-12-10-3-1-2-4-11(10)13(17)15(12)8-9-7-14-5-6-18-9/h1-4,9,14H,5-8H2/t9-/m1/s1. The van der Waals surface area contributed by atoms with E-state index < -0.39 is 0 Å². The minimum absolute atomic E-state index is 0.110. The second-order valence-corrected chi connectivity index (χ2v) is 4.46. The summed E-state index contributed by atoms with van der Waals surface area (Å²) in [5.74, 6) is -0.436. The zero-order chi connectivity index (χ0) is 12.5. The highest BCUT2D eigenvalue weighted by molar-refractivity contribution is 6.21. The van der Waals surface area contributed by atoms with E-state index in [0.29, 0.717) is 30.8 Å². The Morgan fingerprint density at radius 1 is 1.22 bits per heavy atom. The number of hydrogen-bond acceptors (Lipinski definition) is 4. The molecule has 1 aromatic rings. The highest BCUT2D eigenvalue weighted by Crippen LogP contribution is 2.22. The molecule has 2 heterocycles. The van der Waals surface area contributed by atoms with Gasteiger partial charge in [0.15, 0.2) is 0 Å². The molecule has 18 heavy (non-hydrogen) atoms. The lowest BCUT2D eigenvalue weighted by molar-refractivity contribution is 0.00861. The van der Waals surface area contributed by atoms with Crippen LogP contribution in [0.3, 0.4) is 0 Å². The van der Waals surface area contributed by atoms with Gasteiger partial charge in [0.2, 0.25) is 0 Å². The number of rotatable bonds is 2. The molecule has 2 aliphatic heterocycles. The molecule has 0 saturated carbocycles. The maximum atomic E-state index is 12.1. The molecular formula is C13H14N2O3. The molecule has 1 atom stereocenters. The average Bonchev–Trinajstić information content (AvgIpc) is 2.66. The van der Waals surface area contributed by atoms with Crippen LogP contribution in [0, 0.1) is 0 Å². The van der Waals surface area contributed by atoms with Crippen molar-refractivity contribution in [3.8, 4) is 0 Å². The van der Waals surface area contributed by atoms with Crippen LogP contribution in [-0.2, 0) is 4.74 Å². The van der Waals surface area contributed by atoms with Crippen molar-refractivity contribution in [3.63, 3.8) is 0 Å². The van der Waals surface area contributed by atoms with Gasteiger partial charge in [-0.05, 0) is 12.1 Å². The molecule has 1 saturated heterocycles. The molecule has 2 aliphatic rings. The van der Waals surface area contributed by atoms with Gasteiger partial charge in [-0.3, -0.25) is 14.5 Å². The number of amides is 2. The highest BCUT2D eigenvalue weighted by atomic mass is 16.5. The van der Waals surface area contributed by atoms with E-state index in [2.05, 4.69) is 5.32 Å². The van der Waals surface area contributed by atoms with E-state index in [9.17, 15) is 9.59 Å².